The smallest absolute Gasteiger partial charge is 0.410 e. The molecule has 1 aromatic rings. The number of likely N-dealkylation sites (tertiary alicyclic amines) is 2. The predicted octanol–water partition coefficient (Wildman–Crippen LogP) is 3.72. The summed E-state index contributed by atoms with van der Waals surface area (Å²) in [5.41, 5.74) is 1.01. The molecule has 1 saturated carbocycles. The first kappa shape index (κ1) is 29.0. The Kier molecular flexibility index (Phi) is 7.93. The van der Waals surface area contributed by atoms with E-state index in [1.807, 2.05) is 43.9 Å². The van der Waals surface area contributed by atoms with Crippen LogP contribution >= 0.6 is 0 Å². The molecule has 10 nitrogen and oxygen atoms in total. The molecule has 4 heterocycles. The summed E-state index contributed by atoms with van der Waals surface area (Å²) in [7, 11) is 0. The predicted molar refractivity (Wildman–Crippen MR) is 155 cm³/mol. The van der Waals surface area contributed by atoms with Crippen molar-refractivity contribution in [3.05, 3.63) is 29.3 Å². The van der Waals surface area contributed by atoms with Crippen LogP contribution in [0.5, 0.6) is 5.75 Å². The number of carbonyl (C=O) groups excluding carboxylic acids is 4. The first-order valence-electron chi connectivity index (χ1n) is 15.7. The van der Waals surface area contributed by atoms with Crippen molar-refractivity contribution in [1.82, 2.24) is 20.0 Å². The van der Waals surface area contributed by atoms with Gasteiger partial charge in [-0.05, 0) is 94.9 Å². The molecule has 0 radical (unpaired) electrons. The fourth-order valence-corrected chi connectivity index (χ4v) is 7.43. The van der Waals surface area contributed by atoms with E-state index >= 15 is 0 Å². The lowest BCUT2D eigenvalue weighted by atomic mass is 9.77. The van der Waals surface area contributed by atoms with Crippen LogP contribution in [0, 0.1) is 11.8 Å². The highest BCUT2D eigenvalue weighted by Crippen LogP contribution is 2.38. The molecule has 6 rings (SSSR count). The van der Waals surface area contributed by atoms with Gasteiger partial charge in [0, 0.05) is 50.7 Å². The van der Waals surface area contributed by atoms with Crippen LogP contribution in [0.4, 0.5) is 4.79 Å². The molecule has 0 aromatic heterocycles. The van der Waals surface area contributed by atoms with Crippen LogP contribution in [0.3, 0.4) is 0 Å². The minimum atomic E-state index is -0.612. The normalized spacial score (nSPS) is 27.9. The van der Waals surface area contributed by atoms with E-state index in [1.165, 1.54) is 6.42 Å². The Bertz CT molecular complexity index is 1230. The number of carbonyl (C=O) groups is 4. The number of imide groups is 1. The summed E-state index contributed by atoms with van der Waals surface area (Å²) >= 11 is 0. The SMILES string of the molecule is CC(C)(C)OC(=O)N1CCC(C2CN([C@@H]3CCCC[C@@H]3Oc3ccc4c(c3)CN(C3CCC(=O)NC3=O)C4=O)C2)CC1. The average Bonchev–Trinajstić information content (AvgIpc) is 3.23. The van der Waals surface area contributed by atoms with Gasteiger partial charge in [0.1, 0.15) is 23.5 Å². The third-order valence-electron chi connectivity index (χ3n) is 9.72. The van der Waals surface area contributed by atoms with Gasteiger partial charge in [-0.3, -0.25) is 24.6 Å². The molecule has 3 atom stereocenters. The maximum absolute atomic E-state index is 13.1. The first-order valence-corrected chi connectivity index (χ1v) is 15.7. The van der Waals surface area contributed by atoms with Gasteiger partial charge in [0.15, 0.2) is 0 Å². The lowest BCUT2D eigenvalue weighted by Crippen LogP contribution is -2.60. The number of hydrogen-bond acceptors (Lipinski definition) is 7. The number of nitrogens with one attached hydrogen (secondary N) is 1. The van der Waals surface area contributed by atoms with Gasteiger partial charge in [0.05, 0.1) is 0 Å². The second kappa shape index (κ2) is 11.5. The molecule has 10 heteroatoms. The van der Waals surface area contributed by atoms with Crippen molar-refractivity contribution in [3.8, 4) is 5.75 Å². The van der Waals surface area contributed by atoms with E-state index in [1.54, 1.807) is 4.90 Å². The van der Waals surface area contributed by atoms with E-state index in [4.69, 9.17) is 9.47 Å². The number of nitrogens with zero attached hydrogens (tertiary/aromatic N) is 3. The highest BCUT2D eigenvalue weighted by atomic mass is 16.6. The van der Waals surface area contributed by atoms with Crippen LogP contribution in [0.1, 0.15) is 88.1 Å². The maximum atomic E-state index is 13.1. The van der Waals surface area contributed by atoms with Gasteiger partial charge in [-0.25, -0.2) is 4.79 Å². The van der Waals surface area contributed by atoms with Gasteiger partial charge < -0.3 is 19.3 Å². The summed E-state index contributed by atoms with van der Waals surface area (Å²) in [6.07, 6.45) is 7.08. The second-order valence-electron chi connectivity index (χ2n) is 13.7. The topological polar surface area (TPSA) is 108 Å². The lowest BCUT2D eigenvalue weighted by molar-refractivity contribution is -0.136. The molecule has 3 saturated heterocycles. The highest BCUT2D eigenvalue weighted by molar-refractivity contribution is 6.05. The van der Waals surface area contributed by atoms with Gasteiger partial charge in [0.25, 0.3) is 5.91 Å². The average molecular weight is 581 g/mol. The molecule has 1 aromatic carbocycles. The molecule has 1 N–H and O–H groups in total. The number of rotatable bonds is 5. The van der Waals surface area contributed by atoms with Gasteiger partial charge in [0.2, 0.25) is 11.8 Å². The highest BCUT2D eigenvalue weighted by Gasteiger charge is 2.43. The molecule has 228 valence electrons. The molecule has 4 fully saturated rings. The van der Waals surface area contributed by atoms with Crippen molar-refractivity contribution in [2.45, 2.75) is 102 Å². The Labute approximate surface area is 248 Å². The summed E-state index contributed by atoms with van der Waals surface area (Å²) in [5, 5.41) is 2.36. The summed E-state index contributed by atoms with van der Waals surface area (Å²) in [5.74, 6) is 1.24. The number of ether oxygens (including phenoxy) is 2. The molecule has 0 spiro atoms. The van der Waals surface area contributed by atoms with E-state index in [0.29, 0.717) is 36.4 Å². The number of fused-ring (bicyclic) bond motifs is 1. The molecule has 0 bridgehead atoms. The molecule has 4 amide bonds. The van der Waals surface area contributed by atoms with Crippen molar-refractivity contribution in [3.63, 3.8) is 0 Å². The summed E-state index contributed by atoms with van der Waals surface area (Å²) in [4.78, 5) is 55.5. The Morgan fingerprint density at radius 3 is 2.40 bits per heavy atom. The molecule has 42 heavy (non-hydrogen) atoms. The van der Waals surface area contributed by atoms with Crippen molar-refractivity contribution in [1.29, 1.82) is 0 Å². The summed E-state index contributed by atoms with van der Waals surface area (Å²) in [6.45, 7) is 9.79. The van der Waals surface area contributed by atoms with Crippen molar-refractivity contribution >= 4 is 23.8 Å². The summed E-state index contributed by atoms with van der Waals surface area (Å²) in [6, 6.07) is 5.43. The maximum Gasteiger partial charge on any atom is 0.410 e. The Hall–Kier alpha value is -3.14. The van der Waals surface area contributed by atoms with E-state index < -0.39 is 17.6 Å². The quantitative estimate of drug-likeness (QED) is 0.529. The third-order valence-corrected chi connectivity index (χ3v) is 9.72. The van der Waals surface area contributed by atoms with Gasteiger partial charge >= 0.3 is 6.09 Å². The van der Waals surface area contributed by atoms with Crippen LogP contribution in [-0.2, 0) is 20.9 Å². The number of piperidine rings is 2. The van der Waals surface area contributed by atoms with Crippen molar-refractivity contribution in [2.24, 2.45) is 11.8 Å². The number of amides is 4. The van der Waals surface area contributed by atoms with Crippen LogP contribution in [0.25, 0.3) is 0 Å². The molecule has 1 unspecified atom stereocenters. The van der Waals surface area contributed by atoms with E-state index in [9.17, 15) is 19.2 Å². The third kappa shape index (κ3) is 6.00. The zero-order valence-electron chi connectivity index (χ0n) is 25.1. The van der Waals surface area contributed by atoms with Crippen LogP contribution < -0.4 is 10.1 Å². The van der Waals surface area contributed by atoms with E-state index in [2.05, 4.69) is 10.2 Å². The van der Waals surface area contributed by atoms with Crippen LogP contribution in [0.2, 0.25) is 0 Å². The first-order chi connectivity index (χ1) is 20.1. The lowest BCUT2D eigenvalue weighted by Gasteiger charge is -2.51. The van der Waals surface area contributed by atoms with Crippen molar-refractivity contribution in [2.75, 3.05) is 26.2 Å². The number of benzene rings is 1. The largest absolute Gasteiger partial charge is 0.489 e. The zero-order valence-corrected chi connectivity index (χ0v) is 25.1. The monoisotopic (exact) mass is 580 g/mol. The Balaban J connectivity index is 1.02. The van der Waals surface area contributed by atoms with Crippen molar-refractivity contribution < 1.29 is 28.7 Å². The van der Waals surface area contributed by atoms with E-state index in [-0.39, 0.29) is 30.4 Å². The second-order valence-corrected chi connectivity index (χ2v) is 13.7. The fraction of sp³-hybridized carbons (Fsp3) is 0.688. The molecular weight excluding hydrogens is 536 g/mol. The number of hydrogen-bond donors (Lipinski definition) is 1. The van der Waals surface area contributed by atoms with Gasteiger partial charge in [-0.1, -0.05) is 6.42 Å². The minimum absolute atomic E-state index is 0.107. The Morgan fingerprint density at radius 1 is 0.952 bits per heavy atom. The summed E-state index contributed by atoms with van der Waals surface area (Å²) < 4.78 is 12.2. The molecule has 4 aliphatic heterocycles. The molecular formula is C32H44N4O6. The van der Waals surface area contributed by atoms with Gasteiger partial charge in [-0.2, -0.15) is 0 Å². The fourth-order valence-electron chi connectivity index (χ4n) is 7.43. The molecule has 5 aliphatic rings. The zero-order chi connectivity index (χ0) is 29.6. The van der Waals surface area contributed by atoms with Crippen LogP contribution in [-0.4, -0.2) is 88.5 Å². The standard InChI is InChI=1S/C32H44N4O6/c1-32(2,3)42-31(40)34-14-12-20(13-15-34)22-17-35(18-22)25-6-4-5-7-27(25)41-23-8-9-24-21(16-23)19-36(30(24)39)26-10-11-28(37)33-29(26)38/h8-9,16,20,22,25-27H,4-7,10-15,17-19H2,1-3H3,(H,33,37,38)/t25-,26?,27+/m1/s1. The minimum Gasteiger partial charge on any atom is -0.489 e. The molecule has 1 aliphatic carbocycles. The Morgan fingerprint density at radius 2 is 1.69 bits per heavy atom. The van der Waals surface area contributed by atoms with Crippen LogP contribution in [0.15, 0.2) is 18.2 Å². The van der Waals surface area contributed by atoms with Gasteiger partial charge in [-0.15, -0.1) is 0 Å². The van der Waals surface area contributed by atoms with E-state index in [0.717, 1.165) is 69.6 Å².